The first-order chi connectivity index (χ1) is 14.0. The van der Waals surface area contributed by atoms with Crippen LogP contribution in [0.2, 0.25) is 0 Å². The van der Waals surface area contributed by atoms with Crippen LogP contribution in [0.3, 0.4) is 0 Å². The Morgan fingerprint density at radius 1 is 1.03 bits per heavy atom. The molecule has 1 atom stereocenters. The van der Waals surface area contributed by atoms with E-state index in [4.69, 9.17) is 0 Å². The van der Waals surface area contributed by atoms with Gasteiger partial charge in [0.05, 0.1) is 23.5 Å². The van der Waals surface area contributed by atoms with Crippen molar-refractivity contribution in [1.29, 1.82) is 0 Å². The predicted molar refractivity (Wildman–Crippen MR) is 114 cm³/mol. The van der Waals surface area contributed by atoms with Gasteiger partial charge in [-0.05, 0) is 36.8 Å². The van der Waals surface area contributed by atoms with E-state index in [-0.39, 0.29) is 11.3 Å². The Labute approximate surface area is 176 Å². The summed E-state index contributed by atoms with van der Waals surface area (Å²) in [5.41, 5.74) is 2.78. The van der Waals surface area contributed by atoms with Gasteiger partial charge in [-0.3, -0.25) is 19.5 Å². The summed E-state index contributed by atoms with van der Waals surface area (Å²) < 4.78 is 0.873. The van der Waals surface area contributed by atoms with E-state index in [1.165, 1.54) is 11.1 Å². The van der Waals surface area contributed by atoms with Crippen molar-refractivity contribution >= 4 is 39.1 Å². The minimum absolute atomic E-state index is 0.0602. The molecular formula is C23H17BrN2O3. The van der Waals surface area contributed by atoms with E-state index in [0.717, 1.165) is 10.0 Å². The standard InChI is InChI=1S/C23H17BrN2O3/c1-14-4-6-16(7-5-14)21(27)19-20(15-8-10-17(24)11-9-15)26(23(29)22(19)28)18-3-2-12-25-13-18/h2-13,20,27H,1H3. The second-order valence-corrected chi connectivity index (χ2v) is 7.71. The lowest BCUT2D eigenvalue weighted by Gasteiger charge is -2.25. The molecule has 1 unspecified atom stereocenters. The molecule has 1 amide bonds. The van der Waals surface area contributed by atoms with Crippen molar-refractivity contribution < 1.29 is 14.7 Å². The van der Waals surface area contributed by atoms with Gasteiger partial charge in [-0.1, -0.05) is 57.9 Å². The normalized spacial score (nSPS) is 18.3. The minimum atomic E-state index is -0.756. The lowest BCUT2D eigenvalue weighted by atomic mass is 9.95. The second kappa shape index (κ2) is 7.64. The SMILES string of the molecule is Cc1ccc(C(O)=C2C(=O)C(=O)N(c3cccnc3)C2c2ccc(Br)cc2)cc1. The number of Topliss-reactive ketones (excluding diaryl/α,β-unsaturated/α-hetero) is 1. The van der Waals surface area contributed by atoms with Crippen LogP contribution in [-0.4, -0.2) is 21.8 Å². The number of carbonyl (C=O) groups is 2. The number of aromatic nitrogens is 1. The molecule has 0 spiro atoms. The van der Waals surface area contributed by atoms with E-state index in [2.05, 4.69) is 20.9 Å². The molecular weight excluding hydrogens is 432 g/mol. The average molecular weight is 449 g/mol. The van der Waals surface area contributed by atoms with Crippen molar-refractivity contribution in [3.8, 4) is 0 Å². The average Bonchev–Trinajstić information content (AvgIpc) is 3.00. The van der Waals surface area contributed by atoms with Crippen LogP contribution in [-0.2, 0) is 9.59 Å². The third-order valence-corrected chi connectivity index (χ3v) is 5.41. The Hall–Kier alpha value is -3.25. The van der Waals surface area contributed by atoms with Gasteiger partial charge in [-0.25, -0.2) is 0 Å². The molecule has 1 N–H and O–H groups in total. The van der Waals surface area contributed by atoms with Crippen LogP contribution in [0.15, 0.2) is 83.1 Å². The monoisotopic (exact) mass is 448 g/mol. The zero-order valence-electron chi connectivity index (χ0n) is 15.5. The summed E-state index contributed by atoms with van der Waals surface area (Å²) in [4.78, 5) is 31.4. The van der Waals surface area contributed by atoms with Gasteiger partial charge in [-0.15, -0.1) is 0 Å². The summed E-state index contributed by atoms with van der Waals surface area (Å²) in [5.74, 6) is -1.61. The summed E-state index contributed by atoms with van der Waals surface area (Å²) in [6.45, 7) is 1.94. The second-order valence-electron chi connectivity index (χ2n) is 6.80. The number of halogens is 1. The molecule has 4 rings (SSSR count). The molecule has 1 aliphatic rings. The van der Waals surface area contributed by atoms with Gasteiger partial charge in [-0.2, -0.15) is 0 Å². The van der Waals surface area contributed by atoms with Crippen molar-refractivity contribution in [2.45, 2.75) is 13.0 Å². The number of carbonyl (C=O) groups excluding carboxylic acids is 2. The number of hydrogen-bond acceptors (Lipinski definition) is 4. The third-order valence-electron chi connectivity index (χ3n) is 4.88. The van der Waals surface area contributed by atoms with Crippen LogP contribution in [0.5, 0.6) is 0 Å². The number of rotatable bonds is 3. The first-order valence-corrected chi connectivity index (χ1v) is 9.80. The molecule has 2 aromatic carbocycles. The first-order valence-electron chi connectivity index (χ1n) is 9.01. The highest BCUT2D eigenvalue weighted by Gasteiger charge is 2.47. The zero-order valence-corrected chi connectivity index (χ0v) is 17.1. The maximum atomic E-state index is 13.0. The smallest absolute Gasteiger partial charge is 0.300 e. The molecule has 2 heterocycles. The molecule has 3 aromatic rings. The molecule has 0 bridgehead atoms. The van der Waals surface area contributed by atoms with E-state index < -0.39 is 17.7 Å². The van der Waals surface area contributed by atoms with Crippen molar-refractivity contribution in [1.82, 2.24) is 4.98 Å². The molecule has 1 aliphatic heterocycles. The fourth-order valence-corrected chi connectivity index (χ4v) is 3.69. The Morgan fingerprint density at radius 3 is 2.34 bits per heavy atom. The van der Waals surface area contributed by atoms with E-state index in [1.807, 2.05) is 43.3 Å². The number of aryl methyl sites for hydroxylation is 1. The van der Waals surface area contributed by atoms with Crippen LogP contribution >= 0.6 is 15.9 Å². The fraction of sp³-hybridized carbons (Fsp3) is 0.0870. The predicted octanol–water partition coefficient (Wildman–Crippen LogP) is 4.78. The van der Waals surface area contributed by atoms with Crippen molar-refractivity contribution in [3.63, 3.8) is 0 Å². The Kier molecular flexibility index (Phi) is 5.03. The summed E-state index contributed by atoms with van der Waals surface area (Å²) >= 11 is 3.41. The largest absolute Gasteiger partial charge is 0.507 e. The highest BCUT2D eigenvalue weighted by molar-refractivity contribution is 9.10. The molecule has 144 valence electrons. The Bertz CT molecular complexity index is 1110. The highest BCUT2D eigenvalue weighted by Crippen LogP contribution is 2.42. The number of ketones is 1. The number of hydrogen-bond donors (Lipinski definition) is 1. The number of pyridine rings is 1. The van der Waals surface area contributed by atoms with Crippen molar-refractivity contribution in [2.75, 3.05) is 4.90 Å². The molecule has 5 nitrogen and oxygen atoms in total. The Morgan fingerprint density at radius 2 is 1.72 bits per heavy atom. The lowest BCUT2D eigenvalue weighted by Crippen LogP contribution is -2.29. The van der Waals surface area contributed by atoms with Crippen LogP contribution in [0, 0.1) is 6.92 Å². The summed E-state index contributed by atoms with van der Waals surface area (Å²) in [6.07, 6.45) is 3.13. The number of amides is 1. The van der Waals surface area contributed by atoms with Crippen LogP contribution in [0.1, 0.15) is 22.7 Å². The van der Waals surface area contributed by atoms with Gasteiger partial charge in [0, 0.05) is 16.2 Å². The van der Waals surface area contributed by atoms with E-state index in [0.29, 0.717) is 16.8 Å². The Balaban J connectivity index is 1.94. The van der Waals surface area contributed by atoms with Gasteiger partial charge >= 0.3 is 0 Å². The van der Waals surface area contributed by atoms with E-state index in [1.54, 1.807) is 30.5 Å². The van der Waals surface area contributed by atoms with Gasteiger partial charge in [0.25, 0.3) is 11.7 Å². The zero-order chi connectivity index (χ0) is 20.5. The van der Waals surface area contributed by atoms with Gasteiger partial charge in [0.1, 0.15) is 5.76 Å². The molecule has 0 radical (unpaired) electrons. The lowest BCUT2D eigenvalue weighted by molar-refractivity contribution is -0.132. The molecule has 1 aromatic heterocycles. The molecule has 1 fully saturated rings. The summed E-state index contributed by atoms with van der Waals surface area (Å²) in [5, 5.41) is 11.0. The molecule has 1 saturated heterocycles. The van der Waals surface area contributed by atoms with Gasteiger partial charge < -0.3 is 5.11 Å². The first kappa shape index (κ1) is 19.1. The van der Waals surface area contributed by atoms with Crippen LogP contribution < -0.4 is 4.90 Å². The minimum Gasteiger partial charge on any atom is -0.507 e. The molecule has 29 heavy (non-hydrogen) atoms. The van der Waals surface area contributed by atoms with Crippen LogP contribution in [0.25, 0.3) is 5.76 Å². The summed E-state index contributed by atoms with van der Waals surface area (Å²) in [7, 11) is 0. The van der Waals surface area contributed by atoms with Gasteiger partial charge in [0.15, 0.2) is 0 Å². The topological polar surface area (TPSA) is 70.5 Å². The van der Waals surface area contributed by atoms with Crippen molar-refractivity contribution in [2.24, 2.45) is 0 Å². The highest BCUT2D eigenvalue weighted by atomic mass is 79.9. The summed E-state index contributed by atoms with van der Waals surface area (Å²) in [6, 6.07) is 17.2. The third kappa shape index (κ3) is 3.47. The maximum Gasteiger partial charge on any atom is 0.300 e. The number of aliphatic hydroxyl groups is 1. The molecule has 0 aliphatic carbocycles. The number of anilines is 1. The quantitative estimate of drug-likeness (QED) is 0.355. The molecule has 0 saturated carbocycles. The van der Waals surface area contributed by atoms with E-state index in [9.17, 15) is 14.7 Å². The number of aliphatic hydroxyl groups excluding tert-OH is 1. The van der Waals surface area contributed by atoms with Crippen LogP contribution in [0.4, 0.5) is 5.69 Å². The molecule has 6 heteroatoms. The van der Waals surface area contributed by atoms with Crippen molar-refractivity contribution in [3.05, 3.63) is 99.8 Å². The van der Waals surface area contributed by atoms with E-state index >= 15 is 0 Å². The maximum absolute atomic E-state index is 13.0. The number of benzene rings is 2. The fourth-order valence-electron chi connectivity index (χ4n) is 3.42. The van der Waals surface area contributed by atoms with Gasteiger partial charge in [0.2, 0.25) is 0 Å². The number of nitrogens with zero attached hydrogens (tertiary/aromatic N) is 2.